The Bertz CT molecular complexity index is 644. The summed E-state index contributed by atoms with van der Waals surface area (Å²) >= 11 is 0. The first kappa shape index (κ1) is 20.9. The molecule has 1 aliphatic rings. The summed E-state index contributed by atoms with van der Waals surface area (Å²) in [7, 11) is -3.48. The predicted octanol–water partition coefficient (Wildman–Crippen LogP) is 0.925. The highest BCUT2D eigenvalue weighted by molar-refractivity contribution is 7.92. The highest BCUT2D eigenvalue weighted by Gasteiger charge is 2.25. The Labute approximate surface area is 150 Å². The first-order valence-corrected chi connectivity index (χ1v) is 9.51. The largest absolute Gasteiger partial charge is 0.351 e. The van der Waals surface area contributed by atoms with Crippen molar-refractivity contribution in [1.82, 2.24) is 15.5 Å². The maximum Gasteiger partial charge on any atom is 0.252 e. The second-order valence-electron chi connectivity index (χ2n) is 5.94. The van der Waals surface area contributed by atoms with Crippen molar-refractivity contribution in [2.75, 3.05) is 39.3 Å². The van der Waals surface area contributed by atoms with Crippen LogP contribution in [0.5, 0.6) is 0 Å². The number of sulfone groups is 1. The molecule has 1 aromatic rings. The van der Waals surface area contributed by atoms with Crippen LogP contribution in [-0.4, -0.2) is 63.7 Å². The van der Waals surface area contributed by atoms with Crippen molar-refractivity contribution in [3.05, 3.63) is 29.8 Å². The van der Waals surface area contributed by atoms with Crippen molar-refractivity contribution in [2.45, 2.75) is 24.0 Å². The van der Waals surface area contributed by atoms with Crippen LogP contribution < -0.4 is 10.6 Å². The molecule has 1 heterocycles. The van der Waals surface area contributed by atoms with Crippen LogP contribution in [0.25, 0.3) is 0 Å². The van der Waals surface area contributed by atoms with Gasteiger partial charge in [0.25, 0.3) is 5.91 Å². The van der Waals surface area contributed by atoms with Crippen LogP contribution in [-0.2, 0) is 9.84 Å². The van der Waals surface area contributed by atoms with Gasteiger partial charge >= 0.3 is 0 Å². The molecule has 0 aromatic heterocycles. The fraction of sp³-hybridized carbons (Fsp3) is 0.562. The van der Waals surface area contributed by atoms with E-state index in [1.165, 1.54) is 6.07 Å². The quantitative estimate of drug-likeness (QED) is 0.773. The van der Waals surface area contributed by atoms with E-state index in [4.69, 9.17) is 0 Å². The van der Waals surface area contributed by atoms with E-state index >= 15 is 0 Å². The van der Waals surface area contributed by atoms with E-state index in [0.717, 1.165) is 32.7 Å². The van der Waals surface area contributed by atoms with Crippen molar-refractivity contribution >= 4 is 28.2 Å². The van der Waals surface area contributed by atoms with Crippen LogP contribution >= 0.6 is 12.4 Å². The molecular weight excluding hydrogens is 350 g/mol. The van der Waals surface area contributed by atoms with Gasteiger partial charge in [0.05, 0.1) is 15.7 Å². The monoisotopic (exact) mass is 375 g/mol. The van der Waals surface area contributed by atoms with Crippen molar-refractivity contribution in [1.29, 1.82) is 0 Å². The van der Waals surface area contributed by atoms with Crippen LogP contribution in [0.2, 0.25) is 0 Å². The standard InChI is InChI=1S/C16H25N3O3S.ClH/c1-13(2)23(21,22)15-6-4-3-5-14(15)16(20)18-9-12-19-10-7-17-8-11-19;/h3-6,13,17H,7-12H2,1-2H3,(H,18,20);1H. The fourth-order valence-corrected chi connectivity index (χ4v) is 3.76. The molecule has 136 valence electrons. The summed E-state index contributed by atoms with van der Waals surface area (Å²) in [5, 5.41) is 5.55. The van der Waals surface area contributed by atoms with Gasteiger partial charge in [-0.3, -0.25) is 9.69 Å². The first-order valence-electron chi connectivity index (χ1n) is 7.97. The smallest absolute Gasteiger partial charge is 0.252 e. The normalized spacial score (nSPS) is 15.8. The molecule has 8 heteroatoms. The fourth-order valence-electron chi connectivity index (χ4n) is 2.51. The molecule has 0 aliphatic carbocycles. The number of halogens is 1. The van der Waals surface area contributed by atoms with Crippen LogP contribution in [0.4, 0.5) is 0 Å². The number of piperazine rings is 1. The third kappa shape index (κ3) is 5.17. The molecule has 0 radical (unpaired) electrons. The Morgan fingerprint density at radius 3 is 2.50 bits per heavy atom. The number of rotatable bonds is 6. The van der Waals surface area contributed by atoms with Crippen molar-refractivity contribution < 1.29 is 13.2 Å². The topological polar surface area (TPSA) is 78.5 Å². The lowest BCUT2D eigenvalue weighted by Crippen LogP contribution is -2.46. The van der Waals surface area contributed by atoms with Gasteiger partial charge in [-0.1, -0.05) is 12.1 Å². The lowest BCUT2D eigenvalue weighted by molar-refractivity contribution is 0.0944. The number of benzene rings is 1. The van der Waals surface area contributed by atoms with Gasteiger partial charge in [-0.25, -0.2) is 8.42 Å². The molecule has 2 rings (SSSR count). The average molecular weight is 376 g/mol. The van der Waals surface area contributed by atoms with Crippen molar-refractivity contribution in [3.8, 4) is 0 Å². The van der Waals surface area contributed by atoms with Gasteiger partial charge in [-0.15, -0.1) is 12.4 Å². The number of carbonyl (C=O) groups is 1. The molecule has 1 aliphatic heterocycles. The van der Waals surface area contributed by atoms with Gasteiger partial charge in [-0.05, 0) is 26.0 Å². The van der Waals surface area contributed by atoms with Crippen LogP contribution in [0, 0.1) is 0 Å². The molecule has 1 amide bonds. The second kappa shape index (κ2) is 9.36. The van der Waals surface area contributed by atoms with Crippen molar-refractivity contribution in [3.63, 3.8) is 0 Å². The van der Waals surface area contributed by atoms with E-state index in [0.29, 0.717) is 6.54 Å². The Morgan fingerprint density at radius 2 is 1.88 bits per heavy atom. The molecule has 24 heavy (non-hydrogen) atoms. The average Bonchev–Trinajstić information content (AvgIpc) is 2.55. The molecule has 6 nitrogen and oxygen atoms in total. The number of hydrogen-bond donors (Lipinski definition) is 2. The number of hydrogen-bond acceptors (Lipinski definition) is 5. The van der Waals surface area contributed by atoms with Gasteiger partial charge < -0.3 is 10.6 Å². The molecular formula is C16H26ClN3O3S. The molecule has 0 atom stereocenters. The Morgan fingerprint density at radius 1 is 1.25 bits per heavy atom. The minimum atomic E-state index is -3.48. The Balaban J connectivity index is 0.00000288. The number of nitrogens with zero attached hydrogens (tertiary/aromatic N) is 1. The SMILES string of the molecule is CC(C)S(=O)(=O)c1ccccc1C(=O)NCCN1CCNCC1.Cl. The second-order valence-corrected chi connectivity index (χ2v) is 8.41. The van der Waals surface area contributed by atoms with E-state index in [2.05, 4.69) is 15.5 Å². The highest BCUT2D eigenvalue weighted by Crippen LogP contribution is 2.20. The number of carbonyl (C=O) groups excluding carboxylic acids is 1. The molecule has 1 aromatic carbocycles. The zero-order valence-corrected chi connectivity index (χ0v) is 15.8. The molecule has 1 saturated heterocycles. The van der Waals surface area contributed by atoms with Crippen LogP contribution in [0.3, 0.4) is 0 Å². The van der Waals surface area contributed by atoms with Gasteiger partial charge in [0.1, 0.15) is 0 Å². The van der Waals surface area contributed by atoms with Gasteiger partial charge in [0.2, 0.25) is 0 Å². The van der Waals surface area contributed by atoms with E-state index in [9.17, 15) is 13.2 Å². The summed E-state index contributed by atoms with van der Waals surface area (Å²) in [6.45, 7) is 8.37. The maximum absolute atomic E-state index is 12.4. The minimum absolute atomic E-state index is 0. The van der Waals surface area contributed by atoms with Gasteiger partial charge in [-0.2, -0.15) is 0 Å². The predicted molar refractivity (Wildman–Crippen MR) is 97.7 cm³/mol. The molecule has 1 fully saturated rings. The van der Waals surface area contributed by atoms with Gasteiger partial charge in [0, 0.05) is 39.3 Å². The van der Waals surface area contributed by atoms with Crippen LogP contribution in [0.15, 0.2) is 29.2 Å². The van der Waals surface area contributed by atoms with E-state index < -0.39 is 15.1 Å². The summed E-state index contributed by atoms with van der Waals surface area (Å²) in [5.41, 5.74) is 0.224. The molecule has 0 bridgehead atoms. The summed E-state index contributed by atoms with van der Waals surface area (Å²) in [5.74, 6) is -0.333. The summed E-state index contributed by atoms with van der Waals surface area (Å²) < 4.78 is 24.8. The number of nitrogens with one attached hydrogen (secondary N) is 2. The third-order valence-corrected chi connectivity index (χ3v) is 6.19. The zero-order valence-electron chi connectivity index (χ0n) is 14.1. The summed E-state index contributed by atoms with van der Waals surface area (Å²) in [6, 6.07) is 6.40. The molecule has 0 unspecified atom stereocenters. The zero-order chi connectivity index (χ0) is 16.9. The van der Waals surface area contributed by atoms with Crippen LogP contribution in [0.1, 0.15) is 24.2 Å². The lowest BCUT2D eigenvalue weighted by Gasteiger charge is -2.27. The van der Waals surface area contributed by atoms with E-state index in [-0.39, 0.29) is 28.8 Å². The first-order chi connectivity index (χ1) is 10.9. The Hall–Kier alpha value is -1.15. The summed E-state index contributed by atoms with van der Waals surface area (Å²) in [6.07, 6.45) is 0. The van der Waals surface area contributed by atoms with E-state index in [1.807, 2.05) is 0 Å². The highest BCUT2D eigenvalue weighted by atomic mass is 35.5. The van der Waals surface area contributed by atoms with E-state index in [1.54, 1.807) is 32.0 Å². The minimum Gasteiger partial charge on any atom is -0.351 e. The molecule has 2 N–H and O–H groups in total. The maximum atomic E-state index is 12.4. The number of amides is 1. The molecule has 0 saturated carbocycles. The Kier molecular flexibility index (Phi) is 8.15. The lowest BCUT2D eigenvalue weighted by atomic mass is 10.2. The molecule has 0 spiro atoms. The van der Waals surface area contributed by atoms with Gasteiger partial charge in [0.15, 0.2) is 9.84 Å². The van der Waals surface area contributed by atoms with Crippen molar-refractivity contribution in [2.24, 2.45) is 0 Å². The third-order valence-electron chi connectivity index (χ3n) is 3.98. The summed E-state index contributed by atoms with van der Waals surface area (Å²) in [4.78, 5) is 14.7.